The van der Waals surface area contributed by atoms with E-state index in [1.165, 1.54) is 6.07 Å². The molecule has 6 rings (SSSR count). The number of carbonyl (C=O) groups is 1. The molecule has 42 heavy (non-hydrogen) atoms. The number of carbonyl (C=O) groups excluding carboxylic acids is 1. The van der Waals surface area contributed by atoms with Gasteiger partial charge in [-0.2, -0.15) is 5.10 Å². The van der Waals surface area contributed by atoms with Crippen molar-refractivity contribution in [2.75, 3.05) is 57.3 Å². The Morgan fingerprint density at radius 2 is 1.71 bits per heavy atom. The quantitative estimate of drug-likeness (QED) is 0.414. The van der Waals surface area contributed by atoms with Gasteiger partial charge in [0.1, 0.15) is 29.5 Å². The minimum Gasteiger partial charge on any atom is -0.490 e. The number of likely N-dealkylation sites (tertiary alicyclic amines) is 1. The summed E-state index contributed by atoms with van der Waals surface area (Å²) in [6.45, 7) is 6.38. The molecule has 0 spiro atoms. The van der Waals surface area contributed by atoms with Crippen LogP contribution in [-0.2, 0) is 7.05 Å². The van der Waals surface area contributed by atoms with Gasteiger partial charge in [0.15, 0.2) is 0 Å². The number of benzene rings is 2. The highest BCUT2D eigenvalue weighted by atomic mass is 35.5. The van der Waals surface area contributed by atoms with Crippen LogP contribution < -0.4 is 25.0 Å². The Balaban J connectivity index is 0.00000202. The van der Waals surface area contributed by atoms with Crippen LogP contribution in [0.2, 0.25) is 0 Å². The topological polar surface area (TPSA) is 83.9 Å². The van der Waals surface area contributed by atoms with Crippen LogP contribution in [0.4, 0.5) is 10.1 Å². The van der Waals surface area contributed by atoms with E-state index in [1.54, 1.807) is 16.9 Å². The lowest BCUT2D eigenvalue weighted by Gasteiger charge is -2.33. The highest BCUT2D eigenvalue weighted by Crippen LogP contribution is 2.33. The van der Waals surface area contributed by atoms with Crippen LogP contribution in [0.1, 0.15) is 29.6 Å². The Kier molecular flexibility index (Phi) is 10.9. The number of hydrogen-bond donors (Lipinski definition) is 2. The fourth-order valence-electron chi connectivity index (χ4n) is 5.73. The molecule has 3 saturated heterocycles. The Morgan fingerprint density at radius 3 is 2.40 bits per heavy atom. The highest BCUT2D eigenvalue weighted by Gasteiger charge is 2.27. The summed E-state index contributed by atoms with van der Waals surface area (Å²) in [6, 6.07) is 10.6. The third kappa shape index (κ3) is 7.47. The maximum absolute atomic E-state index is 14.4. The van der Waals surface area contributed by atoms with Gasteiger partial charge in [-0.3, -0.25) is 9.48 Å². The molecule has 1 amide bonds. The highest BCUT2D eigenvalue weighted by molar-refractivity contribution is 5.96. The number of amides is 1. The van der Waals surface area contributed by atoms with Crippen molar-refractivity contribution in [2.45, 2.75) is 31.5 Å². The third-order valence-electron chi connectivity index (χ3n) is 7.92. The van der Waals surface area contributed by atoms with Gasteiger partial charge < -0.3 is 29.9 Å². The molecular weight excluding hydrogens is 582 g/mol. The standard InChI is InChI=1S/C30H37FN6O3.2ClH/c1-35-20-22(18-34-35)28-14-21(2-3-29(28)40-26-4-7-33-19-26)30(38)37-10-5-25(6-11-37)39-27-16-23(31)15-24(17-27)36-12-8-32-9-13-36;;/h2-3,14-18,20,25-26,32-33H,4-13,19H2,1H3;2*1H/t26-;;/m0../s1. The van der Waals surface area contributed by atoms with Gasteiger partial charge in [-0.1, -0.05) is 0 Å². The number of hydrogen-bond acceptors (Lipinski definition) is 7. The maximum Gasteiger partial charge on any atom is 0.253 e. The van der Waals surface area contributed by atoms with Gasteiger partial charge in [0, 0.05) is 106 Å². The number of aromatic nitrogens is 2. The van der Waals surface area contributed by atoms with E-state index in [-0.39, 0.29) is 48.7 Å². The summed E-state index contributed by atoms with van der Waals surface area (Å²) >= 11 is 0. The number of ether oxygens (including phenoxy) is 2. The molecule has 12 heteroatoms. The molecule has 3 aromatic rings. The smallest absolute Gasteiger partial charge is 0.253 e. The largest absolute Gasteiger partial charge is 0.490 e. The van der Waals surface area contributed by atoms with Crippen LogP contribution in [-0.4, -0.2) is 85.2 Å². The Labute approximate surface area is 258 Å². The zero-order valence-electron chi connectivity index (χ0n) is 23.8. The first kappa shape index (κ1) is 31.9. The lowest BCUT2D eigenvalue weighted by atomic mass is 10.0. The number of nitrogens with zero attached hydrogens (tertiary/aromatic N) is 4. The van der Waals surface area contributed by atoms with Gasteiger partial charge in [-0.05, 0) is 37.2 Å². The van der Waals surface area contributed by atoms with E-state index in [9.17, 15) is 9.18 Å². The molecule has 0 unspecified atom stereocenters. The molecule has 3 aliphatic rings. The zero-order chi connectivity index (χ0) is 27.5. The summed E-state index contributed by atoms with van der Waals surface area (Å²) in [5, 5.41) is 11.0. The number of anilines is 1. The van der Waals surface area contributed by atoms with Gasteiger partial charge in [0.25, 0.3) is 5.91 Å². The molecule has 9 nitrogen and oxygen atoms in total. The Morgan fingerprint density at radius 1 is 0.929 bits per heavy atom. The second-order valence-corrected chi connectivity index (χ2v) is 10.8. The summed E-state index contributed by atoms with van der Waals surface area (Å²) in [4.78, 5) is 17.6. The number of rotatable bonds is 7. The molecule has 0 saturated carbocycles. The predicted molar refractivity (Wildman–Crippen MR) is 166 cm³/mol. The molecule has 4 heterocycles. The van der Waals surface area contributed by atoms with Gasteiger partial charge in [0.05, 0.1) is 6.20 Å². The van der Waals surface area contributed by atoms with Crippen LogP contribution in [0.25, 0.3) is 11.1 Å². The lowest BCUT2D eigenvalue weighted by Crippen LogP contribution is -2.43. The van der Waals surface area contributed by atoms with Gasteiger partial charge >= 0.3 is 0 Å². The zero-order valence-corrected chi connectivity index (χ0v) is 25.4. The van der Waals surface area contributed by atoms with Gasteiger partial charge in [0.2, 0.25) is 0 Å². The predicted octanol–water partition coefficient (Wildman–Crippen LogP) is 3.90. The third-order valence-corrected chi connectivity index (χ3v) is 7.92. The molecule has 3 aliphatic heterocycles. The van der Waals surface area contributed by atoms with E-state index >= 15 is 0 Å². The molecule has 0 bridgehead atoms. The van der Waals surface area contributed by atoms with Crippen LogP contribution in [0, 0.1) is 5.82 Å². The normalized spacial score (nSPS) is 19.1. The monoisotopic (exact) mass is 620 g/mol. The fraction of sp³-hybridized carbons (Fsp3) is 0.467. The van der Waals surface area contributed by atoms with Crippen molar-refractivity contribution < 1.29 is 18.7 Å². The summed E-state index contributed by atoms with van der Waals surface area (Å²) in [6.07, 6.45) is 6.12. The van der Waals surface area contributed by atoms with Crippen LogP contribution in [0.3, 0.4) is 0 Å². The SMILES string of the molecule is Cl.Cl.Cn1cc(-c2cc(C(=O)N3CCC(Oc4cc(F)cc(N5CCNCC5)c4)CC3)ccc2O[C@H]2CCNC2)cn1. The number of nitrogens with one attached hydrogen (secondary N) is 2. The average Bonchev–Trinajstić information content (AvgIpc) is 3.65. The van der Waals surface area contributed by atoms with Crippen molar-refractivity contribution in [1.29, 1.82) is 0 Å². The molecule has 1 atom stereocenters. The number of piperazine rings is 1. The van der Waals surface area contributed by atoms with Gasteiger partial charge in [-0.25, -0.2) is 4.39 Å². The van der Waals surface area contributed by atoms with Crippen molar-refractivity contribution in [3.05, 3.63) is 60.2 Å². The molecule has 2 aromatic carbocycles. The number of aryl methyl sites for hydroxylation is 1. The van der Waals surface area contributed by atoms with Crippen LogP contribution in [0.15, 0.2) is 48.8 Å². The molecular formula is C30H39Cl2FN6O3. The van der Waals surface area contributed by atoms with E-state index in [4.69, 9.17) is 9.47 Å². The van der Waals surface area contributed by atoms with Crippen molar-refractivity contribution in [3.8, 4) is 22.6 Å². The Hall–Kier alpha value is -3.05. The summed E-state index contributed by atoms with van der Waals surface area (Å²) in [7, 11) is 1.88. The lowest BCUT2D eigenvalue weighted by molar-refractivity contribution is 0.0595. The van der Waals surface area contributed by atoms with Crippen molar-refractivity contribution in [3.63, 3.8) is 0 Å². The minimum atomic E-state index is -0.292. The van der Waals surface area contributed by atoms with E-state index in [2.05, 4.69) is 20.6 Å². The fourth-order valence-corrected chi connectivity index (χ4v) is 5.73. The number of piperidine rings is 1. The second kappa shape index (κ2) is 14.4. The summed E-state index contributed by atoms with van der Waals surface area (Å²) in [5.74, 6) is 1.01. The second-order valence-electron chi connectivity index (χ2n) is 10.8. The van der Waals surface area contributed by atoms with Crippen LogP contribution >= 0.6 is 24.8 Å². The molecule has 2 N–H and O–H groups in total. The number of halogens is 3. The molecule has 1 aromatic heterocycles. The van der Waals surface area contributed by atoms with E-state index in [1.807, 2.05) is 42.4 Å². The first-order valence-corrected chi connectivity index (χ1v) is 14.2. The summed E-state index contributed by atoms with van der Waals surface area (Å²) in [5.41, 5.74) is 3.27. The maximum atomic E-state index is 14.4. The first-order valence-electron chi connectivity index (χ1n) is 14.2. The van der Waals surface area contributed by atoms with Crippen molar-refractivity contribution in [1.82, 2.24) is 25.3 Å². The van der Waals surface area contributed by atoms with Crippen molar-refractivity contribution in [2.24, 2.45) is 7.05 Å². The van der Waals surface area contributed by atoms with Crippen LogP contribution in [0.5, 0.6) is 11.5 Å². The van der Waals surface area contributed by atoms with Crippen molar-refractivity contribution >= 4 is 36.4 Å². The molecule has 0 radical (unpaired) electrons. The molecule has 3 fully saturated rings. The van der Waals surface area contributed by atoms with E-state index < -0.39 is 0 Å². The first-order chi connectivity index (χ1) is 19.5. The van der Waals surface area contributed by atoms with Gasteiger partial charge in [-0.15, -0.1) is 24.8 Å². The molecule has 228 valence electrons. The average molecular weight is 622 g/mol. The minimum absolute atomic E-state index is 0. The Bertz CT molecular complexity index is 1340. The van der Waals surface area contributed by atoms with E-state index in [0.29, 0.717) is 37.2 Å². The summed E-state index contributed by atoms with van der Waals surface area (Å²) < 4.78 is 28.7. The molecule has 0 aliphatic carbocycles. The van der Waals surface area contributed by atoms with E-state index in [0.717, 1.165) is 68.3 Å².